The highest BCUT2D eigenvalue weighted by Crippen LogP contribution is 2.16. The van der Waals surface area contributed by atoms with Crippen molar-refractivity contribution in [2.24, 2.45) is 0 Å². The first-order chi connectivity index (χ1) is 9.60. The number of carbonyl (C=O) groups is 3. The number of nitrogens with one attached hydrogen (secondary N) is 2. The minimum atomic E-state index is -0.858. The van der Waals surface area contributed by atoms with E-state index in [0.717, 1.165) is 0 Å². The van der Waals surface area contributed by atoms with Crippen LogP contribution < -0.4 is 10.6 Å². The predicted molar refractivity (Wildman–Crippen MR) is 74.2 cm³/mol. The van der Waals surface area contributed by atoms with Gasteiger partial charge in [-0.25, -0.2) is 4.79 Å². The summed E-state index contributed by atoms with van der Waals surface area (Å²) < 4.78 is 4.87. The molecule has 1 aromatic carbocycles. The zero-order valence-electron chi connectivity index (χ0n) is 11.1. The summed E-state index contributed by atoms with van der Waals surface area (Å²) in [4.78, 5) is 34.8. The first kappa shape index (κ1) is 15.4. The van der Waals surface area contributed by atoms with Crippen LogP contribution in [-0.2, 0) is 14.3 Å². The van der Waals surface area contributed by atoms with Crippen molar-refractivity contribution in [1.82, 2.24) is 5.32 Å². The van der Waals surface area contributed by atoms with Gasteiger partial charge in [0.2, 0.25) is 0 Å². The highest BCUT2D eigenvalue weighted by molar-refractivity contribution is 6.40. The van der Waals surface area contributed by atoms with E-state index < -0.39 is 17.8 Å². The van der Waals surface area contributed by atoms with Crippen LogP contribution in [0, 0.1) is 0 Å². The fourth-order valence-electron chi connectivity index (χ4n) is 1.40. The molecule has 1 aromatic rings. The lowest BCUT2D eigenvalue weighted by Gasteiger charge is -2.09. The normalized spacial score (nSPS) is 9.45. The second-order valence-corrected chi connectivity index (χ2v) is 3.72. The first-order valence-corrected chi connectivity index (χ1v) is 6.06. The van der Waals surface area contributed by atoms with Gasteiger partial charge in [0.25, 0.3) is 0 Å². The molecule has 106 valence electrons. The maximum Gasteiger partial charge on any atom is 0.340 e. The average molecular weight is 276 g/mol. The highest BCUT2D eigenvalue weighted by atomic mass is 16.5. The number of hydrogen-bond donors (Lipinski definition) is 2. The third kappa shape index (κ3) is 4.24. The Balaban J connectivity index is 2.82. The molecule has 0 radical (unpaired) electrons. The third-order valence-electron chi connectivity index (χ3n) is 2.28. The number of esters is 1. The quantitative estimate of drug-likeness (QED) is 0.479. The van der Waals surface area contributed by atoms with Gasteiger partial charge in [0, 0.05) is 6.54 Å². The summed E-state index contributed by atoms with van der Waals surface area (Å²) in [5, 5.41) is 4.71. The van der Waals surface area contributed by atoms with Gasteiger partial charge in [-0.1, -0.05) is 18.2 Å². The summed E-state index contributed by atoms with van der Waals surface area (Å²) in [5.41, 5.74) is 0.420. The van der Waals surface area contributed by atoms with E-state index in [-0.39, 0.29) is 24.4 Å². The number of anilines is 1. The molecule has 20 heavy (non-hydrogen) atoms. The van der Waals surface area contributed by atoms with E-state index in [1.54, 1.807) is 19.1 Å². The van der Waals surface area contributed by atoms with Crippen LogP contribution in [0.5, 0.6) is 0 Å². The van der Waals surface area contributed by atoms with Gasteiger partial charge in [0.05, 0.1) is 17.9 Å². The Labute approximate surface area is 116 Å². The van der Waals surface area contributed by atoms with Crippen molar-refractivity contribution >= 4 is 23.5 Å². The van der Waals surface area contributed by atoms with Crippen molar-refractivity contribution in [3.63, 3.8) is 0 Å². The molecule has 0 atom stereocenters. The lowest BCUT2D eigenvalue weighted by Crippen LogP contribution is -2.35. The molecule has 1 rings (SSSR count). The molecule has 0 spiro atoms. The zero-order chi connectivity index (χ0) is 15.0. The van der Waals surface area contributed by atoms with Crippen molar-refractivity contribution in [2.75, 3.05) is 18.5 Å². The zero-order valence-corrected chi connectivity index (χ0v) is 11.1. The monoisotopic (exact) mass is 276 g/mol. The minimum Gasteiger partial charge on any atom is -0.462 e. The molecule has 0 aliphatic rings. The van der Waals surface area contributed by atoms with Crippen LogP contribution in [0.15, 0.2) is 36.9 Å². The summed E-state index contributed by atoms with van der Waals surface area (Å²) in [6.45, 7) is 5.52. The number of amides is 2. The summed E-state index contributed by atoms with van der Waals surface area (Å²) in [7, 11) is 0. The topological polar surface area (TPSA) is 84.5 Å². The van der Waals surface area contributed by atoms with E-state index in [2.05, 4.69) is 17.2 Å². The number of para-hydroxylation sites is 1. The largest absolute Gasteiger partial charge is 0.462 e. The first-order valence-electron chi connectivity index (χ1n) is 6.06. The van der Waals surface area contributed by atoms with Gasteiger partial charge >= 0.3 is 17.8 Å². The molecular formula is C14H16N2O4. The molecule has 2 amide bonds. The lowest BCUT2D eigenvalue weighted by molar-refractivity contribution is -0.136. The van der Waals surface area contributed by atoms with Crippen molar-refractivity contribution in [3.05, 3.63) is 42.5 Å². The molecule has 6 heteroatoms. The molecule has 0 unspecified atom stereocenters. The summed E-state index contributed by atoms with van der Waals surface area (Å²) in [6.07, 6.45) is 1.46. The van der Waals surface area contributed by atoms with Crippen LogP contribution in [0.3, 0.4) is 0 Å². The van der Waals surface area contributed by atoms with Crippen LogP contribution in [0.1, 0.15) is 17.3 Å². The van der Waals surface area contributed by atoms with Crippen molar-refractivity contribution in [2.45, 2.75) is 6.92 Å². The van der Waals surface area contributed by atoms with Crippen LogP contribution in [0.25, 0.3) is 0 Å². The Morgan fingerprint density at radius 3 is 2.60 bits per heavy atom. The number of ether oxygens (including phenoxy) is 1. The smallest absolute Gasteiger partial charge is 0.340 e. The summed E-state index contributed by atoms with van der Waals surface area (Å²) in [5.74, 6) is -2.22. The van der Waals surface area contributed by atoms with Crippen LogP contribution in [-0.4, -0.2) is 30.9 Å². The van der Waals surface area contributed by atoms with Gasteiger partial charge in [0.15, 0.2) is 0 Å². The molecule has 0 saturated carbocycles. The Hall–Kier alpha value is -2.63. The minimum absolute atomic E-state index is 0.186. The van der Waals surface area contributed by atoms with E-state index in [1.807, 2.05) is 0 Å². The highest BCUT2D eigenvalue weighted by Gasteiger charge is 2.17. The molecule has 2 N–H and O–H groups in total. The summed E-state index contributed by atoms with van der Waals surface area (Å²) in [6, 6.07) is 6.31. The fraction of sp³-hybridized carbons (Fsp3) is 0.214. The molecular weight excluding hydrogens is 260 g/mol. The van der Waals surface area contributed by atoms with Gasteiger partial charge in [-0.05, 0) is 19.1 Å². The Morgan fingerprint density at radius 2 is 1.95 bits per heavy atom. The molecule has 0 aliphatic heterocycles. The van der Waals surface area contributed by atoms with Crippen LogP contribution in [0.2, 0.25) is 0 Å². The van der Waals surface area contributed by atoms with Crippen molar-refractivity contribution in [3.8, 4) is 0 Å². The third-order valence-corrected chi connectivity index (χ3v) is 2.28. The number of rotatable bonds is 5. The second kappa shape index (κ2) is 7.73. The molecule has 0 aromatic heterocycles. The lowest BCUT2D eigenvalue weighted by atomic mass is 10.2. The van der Waals surface area contributed by atoms with Gasteiger partial charge in [-0.15, -0.1) is 6.58 Å². The Kier molecular flexibility index (Phi) is 5.96. The number of benzene rings is 1. The number of carbonyl (C=O) groups excluding carboxylic acids is 3. The number of hydrogen-bond acceptors (Lipinski definition) is 4. The molecule has 0 heterocycles. The molecule has 0 bridgehead atoms. The van der Waals surface area contributed by atoms with Crippen molar-refractivity contribution < 1.29 is 19.1 Å². The van der Waals surface area contributed by atoms with Gasteiger partial charge in [0.1, 0.15) is 0 Å². The summed E-state index contributed by atoms with van der Waals surface area (Å²) >= 11 is 0. The molecule has 0 fully saturated rings. The van der Waals surface area contributed by atoms with E-state index in [9.17, 15) is 14.4 Å². The fourth-order valence-corrected chi connectivity index (χ4v) is 1.40. The Bertz CT molecular complexity index is 526. The molecule has 0 saturated heterocycles. The van der Waals surface area contributed by atoms with Gasteiger partial charge < -0.3 is 15.4 Å². The van der Waals surface area contributed by atoms with Crippen molar-refractivity contribution in [1.29, 1.82) is 0 Å². The second-order valence-electron chi connectivity index (χ2n) is 3.72. The van der Waals surface area contributed by atoms with Crippen LogP contribution >= 0.6 is 0 Å². The SMILES string of the molecule is C=CCNC(=O)C(=O)Nc1ccccc1C(=O)OCC. The Morgan fingerprint density at radius 1 is 1.25 bits per heavy atom. The van der Waals surface area contributed by atoms with E-state index in [0.29, 0.717) is 0 Å². The predicted octanol–water partition coefficient (Wildman–Crippen LogP) is 1.10. The van der Waals surface area contributed by atoms with E-state index in [4.69, 9.17) is 4.74 Å². The molecule has 6 nitrogen and oxygen atoms in total. The van der Waals surface area contributed by atoms with Gasteiger partial charge in [-0.2, -0.15) is 0 Å². The maximum atomic E-state index is 11.7. The van der Waals surface area contributed by atoms with E-state index in [1.165, 1.54) is 18.2 Å². The van der Waals surface area contributed by atoms with Gasteiger partial charge in [-0.3, -0.25) is 9.59 Å². The standard InChI is InChI=1S/C14H16N2O4/c1-3-9-15-12(17)13(18)16-11-8-6-5-7-10(11)14(19)20-4-2/h3,5-8H,1,4,9H2,2H3,(H,15,17)(H,16,18). The average Bonchev–Trinajstić information content (AvgIpc) is 2.45. The van der Waals surface area contributed by atoms with E-state index >= 15 is 0 Å². The maximum absolute atomic E-state index is 11.7. The molecule has 0 aliphatic carbocycles. The van der Waals surface area contributed by atoms with Crippen LogP contribution in [0.4, 0.5) is 5.69 Å².